The summed E-state index contributed by atoms with van der Waals surface area (Å²) in [4.78, 5) is 0. The molecular formula is C20H14Cl2F2O. The summed E-state index contributed by atoms with van der Waals surface area (Å²) in [6.45, 7) is 2.08. The second kappa shape index (κ2) is 7.42. The van der Waals surface area contributed by atoms with Gasteiger partial charge in [0, 0.05) is 15.6 Å². The Labute approximate surface area is 154 Å². The average molecular weight is 379 g/mol. The summed E-state index contributed by atoms with van der Waals surface area (Å²) in [5, 5.41) is 1.11. The van der Waals surface area contributed by atoms with Gasteiger partial charge in [-0.05, 0) is 60.0 Å². The summed E-state index contributed by atoms with van der Waals surface area (Å²) < 4.78 is 32.0. The van der Waals surface area contributed by atoms with Gasteiger partial charge in [0.05, 0.1) is 0 Å². The highest BCUT2D eigenvalue weighted by Gasteiger charge is 2.08. The molecule has 0 saturated carbocycles. The van der Waals surface area contributed by atoms with E-state index in [1.165, 1.54) is 6.07 Å². The van der Waals surface area contributed by atoms with Gasteiger partial charge in [-0.15, -0.1) is 0 Å². The van der Waals surface area contributed by atoms with Gasteiger partial charge in [-0.3, -0.25) is 0 Å². The first-order valence-corrected chi connectivity index (χ1v) is 8.32. The molecule has 3 rings (SSSR count). The Hall–Kier alpha value is -2.10. The molecular weight excluding hydrogens is 365 g/mol. The molecule has 0 radical (unpaired) electrons. The second-order valence-corrected chi connectivity index (χ2v) is 6.54. The normalized spacial score (nSPS) is 10.8. The van der Waals surface area contributed by atoms with Gasteiger partial charge in [-0.1, -0.05) is 41.4 Å². The van der Waals surface area contributed by atoms with Crippen LogP contribution in [-0.4, -0.2) is 0 Å². The molecule has 128 valence electrons. The maximum atomic E-state index is 13.3. The summed E-state index contributed by atoms with van der Waals surface area (Å²) in [5.41, 5.74) is 3.27. The molecule has 3 aromatic carbocycles. The van der Waals surface area contributed by atoms with Crippen molar-refractivity contribution in [1.29, 1.82) is 0 Å². The summed E-state index contributed by atoms with van der Waals surface area (Å²) in [6.07, 6.45) is 0. The number of ether oxygens (including phenoxy) is 1. The van der Waals surface area contributed by atoms with Crippen LogP contribution in [0.15, 0.2) is 54.6 Å². The molecule has 0 spiro atoms. The van der Waals surface area contributed by atoms with Crippen molar-refractivity contribution in [1.82, 2.24) is 0 Å². The SMILES string of the molecule is Cc1cc(OCc2ccc(F)c(F)c2)cc(-c2ccc(Cl)cc2Cl)c1. The lowest BCUT2D eigenvalue weighted by molar-refractivity contribution is 0.305. The molecule has 0 saturated heterocycles. The fourth-order valence-corrected chi connectivity index (χ4v) is 3.02. The van der Waals surface area contributed by atoms with Gasteiger partial charge in [-0.2, -0.15) is 0 Å². The van der Waals surface area contributed by atoms with Crippen molar-refractivity contribution in [2.75, 3.05) is 0 Å². The Morgan fingerprint density at radius 1 is 0.880 bits per heavy atom. The highest BCUT2D eigenvalue weighted by atomic mass is 35.5. The predicted molar refractivity (Wildman–Crippen MR) is 97.3 cm³/mol. The zero-order chi connectivity index (χ0) is 18.0. The monoisotopic (exact) mass is 378 g/mol. The van der Waals surface area contributed by atoms with Crippen molar-refractivity contribution < 1.29 is 13.5 Å². The zero-order valence-electron chi connectivity index (χ0n) is 13.3. The first-order valence-electron chi connectivity index (χ1n) is 7.56. The summed E-state index contributed by atoms with van der Waals surface area (Å²) in [6, 6.07) is 14.7. The minimum atomic E-state index is -0.890. The molecule has 1 nitrogen and oxygen atoms in total. The van der Waals surface area contributed by atoms with E-state index in [2.05, 4.69) is 0 Å². The van der Waals surface area contributed by atoms with Crippen LogP contribution < -0.4 is 4.74 Å². The summed E-state index contributed by atoms with van der Waals surface area (Å²) in [5.74, 6) is -1.15. The Balaban J connectivity index is 1.85. The fourth-order valence-electron chi connectivity index (χ4n) is 2.51. The van der Waals surface area contributed by atoms with Gasteiger partial charge >= 0.3 is 0 Å². The fraction of sp³-hybridized carbons (Fsp3) is 0.100. The molecule has 0 bridgehead atoms. The first kappa shape index (κ1) is 17.7. The molecule has 25 heavy (non-hydrogen) atoms. The van der Waals surface area contributed by atoms with Gasteiger partial charge in [0.1, 0.15) is 12.4 Å². The van der Waals surface area contributed by atoms with Crippen LogP contribution in [0.3, 0.4) is 0 Å². The third kappa shape index (κ3) is 4.30. The quantitative estimate of drug-likeness (QED) is 0.483. The third-order valence-electron chi connectivity index (χ3n) is 3.68. The van der Waals surface area contributed by atoms with E-state index in [9.17, 15) is 8.78 Å². The van der Waals surface area contributed by atoms with E-state index >= 15 is 0 Å². The molecule has 0 N–H and O–H groups in total. The number of halogens is 4. The van der Waals surface area contributed by atoms with Crippen LogP contribution in [0.4, 0.5) is 8.78 Å². The average Bonchev–Trinajstić information content (AvgIpc) is 2.55. The van der Waals surface area contributed by atoms with E-state index in [1.807, 2.05) is 31.2 Å². The topological polar surface area (TPSA) is 9.23 Å². The zero-order valence-corrected chi connectivity index (χ0v) is 14.8. The number of aryl methyl sites for hydroxylation is 1. The highest BCUT2D eigenvalue weighted by Crippen LogP contribution is 2.33. The van der Waals surface area contributed by atoms with Crippen molar-refractivity contribution >= 4 is 23.2 Å². The maximum absolute atomic E-state index is 13.3. The molecule has 0 amide bonds. The van der Waals surface area contributed by atoms with Crippen LogP contribution in [0.2, 0.25) is 10.0 Å². The molecule has 0 atom stereocenters. The van der Waals surface area contributed by atoms with Crippen LogP contribution in [0.5, 0.6) is 5.75 Å². The molecule has 0 fully saturated rings. The highest BCUT2D eigenvalue weighted by molar-refractivity contribution is 6.36. The van der Waals surface area contributed by atoms with Crippen molar-refractivity contribution in [2.24, 2.45) is 0 Å². The maximum Gasteiger partial charge on any atom is 0.159 e. The smallest absolute Gasteiger partial charge is 0.159 e. The van der Waals surface area contributed by atoms with Crippen molar-refractivity contribution in [3.8, 4) is 16.9 Å². The molecule has 5 heteroatoms. The lowest BCUT2D eigenvalue weighted by Gasteiger charge is -2.11. The molecule has 0 aliphatic rings. The van der Waals surface area contributed by atoms with E-state index in [0.29, 0.717) is 21.4 Å². The van der Waals surface area contributed by atoms with Crippen LogP contribution in [0.1, 0.15) is 11.1 Å². The van der Waals surface area contributed by atoms with Crippen molar-refractivity contribution in [3.63, 3.8) is 0 Å². The Morgan fingerprint density at radius 2 is 1.68 bits per heavy atom. The van der Waals surface area contributed by atoms with Gasteiger partial charge in [0.25, 0.3) is 0 Å². The number of hydrogen-bond donors (Lipinski definition) is 0. The first-order chi connectivity index (χ1) is 11.9. The largest absolute Gasteiger partial charge is 0.489 e. The standard InChI is InChI=1S/C20H14Cl2F2O/c1-12-6-14(17-4-3-15(21)10-18(17)22)9-16(7-12)25-11-13-2-5-19(23)20(24)8-13/h2-10H,11H2,1H3. The van der Waals surface area contributed by atoms with Gasteiger partial charge < -0.3 is 4.74 Å². The van der Waals surface area contributed by atoms with Gasteiger partial charge in [0.15, 0.2) is 11.6 Å². The number of benzene rings is 3. The van der Waals surface area contributed by atoms with E-state index < -0.39 is 11.6 Å². The molecule has 0 heterocycles. The molecule has 0 aromatic heterocycles. The summed E-state index contributed by atoms with van der Waals surface area (Å²) >= 11 is 12.2. The minimum Gasteiger partial charge on any atom is -0.489 e. The molecule has 0 aliphatic carbocycles. The van der Waals surface area contributed by atoms with E-state index in [4.69, 9.17) is 27.9 Å². The summed E-state index contributed by atoms with van der Waals surface area (Å²) in [7, 11) is 0. The lowest BCUT2D eigenvalue weighted by Crippen LogP contribution is -1.98. The molecule has 3 aromatic rings. The van der Waals surface area contributed by atoms with Crippen molar-refractivity contribution in [3.05, 3.63) is 87.4 Å². The third-order valence-corrected chi connectivity index (χ3v) is 4.23. The molecule has 0 aliphatic heterocycles. The van der Waals surface area contributed by atoms with Gasteiger partial charge in [-0.25, -0.2) is 8.78 Å². The molecule has 0 unspecified atom stereocenters. The Bertz CT molecular complexity index is 926. The van der Waals surface area contributed by atoms with Crippen LogP contribution in [-0.2, 0) is 6.61 Å². The van der Waals surface area contributed by atoms with E-state index in [1.54, 1.807) is 12.1 Å². The van der Waals surface area contributed by atoms with E-state index in [0.717, 1.165) is 28.8 Å². The van der Waals surface area contributed by atoms with E-state index in [-0.39, 0.29) is 6.61 Å². The van der Waals surface area contributed by atoms with Gasteiger partial charge in [0.2, 0.25) is 0 Å². The van der Waals surface area contributed by atoms with Crippen molar-refractivity contribution in [2.45, 2.75) is 13.5 Å². The minimum absolute atomic E-state index is 0.133. The Kier molecular flexibility index (Phi) is 5.26. The number of rotatable bonds is 4. The lowest BCUT2D eigenvalue weighted by atomic mass is 10.0. The Morgan fingerprint density at radius 3 is 2.40 bits per heavy atom. The van der Waals surface area contributed by atoms with Crippen LogP contribution >= 0.6 is 23.2 Å². The second-order valence-electron chi connectivity index (χ2n) is 5.70. The number of hydrogen-bond acceptors (Lipinski definition) is 1. The predicted octanol–water partition coefficient (Wildman–Crippen LogP) is 6.83. The van der Waals surface area contributed by atoms with Crippen LogP contribution in [0.25, 0.3) is 11.1 Å². The van der Waals surface area contributed by atoms with Crippen LogP contribution in [0, 0.1) is 18.6 Å².